The van der Waals surface area contributed by atoms with Gasteiger partial charge < -0.3 is 15.0 Å². The van der Waals surface area contributed by atoms with Crippen molar-refractivity contribution in [2.45, 2.75) is 25.9 Å². The summed E-state index contributed by atoms with van der Waals surface area (Å²) in [5.41, 5.74) is 7.92. The highest BCUT2D eigenvalue weighted by Crippen LogP contribution is 2.25. The van der Waals surface area contributed by atoms with Gasteiger partial charge >= 0.3 is 0 Å². The van der Waals surface area contributed by atoms with Crippen LogP contribution >= 0.6 is 0 Å². The number of ether oxygens (including phenoxy) is 1. The second-order valence-corrected chi connectivity index (χ2v) is 7.35. The van der Waals surface area contributed by atoms with E-state index in [-0.39, 0.29) is 5.75 Å². The highest BCUT2D eigenvalue weighted by atomic mass is 32.2. The van der Waals surface area contributed by atoms with Gasteiger partial charge in [-0.1, -0.05) is 0 Å². The average molecular weight is 311 g/mol. The first-order valence-electron chi connectivity index (χ1n) is 6.83. The van der Waals surface area contributed by atoms with E-state index in [1.54, 1.807) is 7.11 Å². The zero-order valence-electron chi connectivity index (χ0n) is 12.5. The first-order chi connectivity index (χ1) is 9.85. The van der Waals surface area contributed by atoms with Gasteiger partial charge in [-0.05, 0) is 25.5 Å². The fourth-order valence-electron chi connectivity index (χ4n) is 2.34. The maximum absolute atomic E-state index is 11.3. The molecule has 0 aliphatic carbocycles. The van der Waals surface area contributed by atoms with Crippen LogP contribution in [0.15, 0.2) is 18.2 Å². The fourth-order valence-corrected chi connectivity index (χ4v) is 3.02. The summed E-state index contributed by atoms with van der Waals surface area (Å²) in [5, 5.41) is 0. The van der Waals surface area contributed by atoms with Gasteiger partial charge in [-0.3, -0.25) is 0 Å². The Hall–Kier alpha value is -1.60. The molecule has 0 spiro atoms. The van der Waals surface area contributed by atoms with Crippen molar-refractivity contribution in [3.63, 3.8) is 0 Å². The highest BCUT2D eigenvalue weighted by Gasteiger charge is 2.18. The molecule has 116 valence electrons. The van der Waals surface area contributed by atoms with Crippen molar-refractivity contribution >= 4 is 20.9 Å². The van der Waals surface area contributed by atoms with Crippen molar-refractivity contribution in [3.05, 3.63) is 24.0 Å². The predicted octanol–water partition coefficient (Wildman–Crippen LogP) is 1.50. The summed E-state index contributed by atoms with van der Waals surface area (Å²) in [5.74, 6) is 1.51. The van der Waals surface area contributed by atoms with Gasteiger partial charge in [0.05, 0.1) is 29.9 Å². The van der Waals surface area contributed by atoms with Crippen LogP contribution in [-0.4, -0.2) is 37.1 Å². The molecule has 0 saturated heterocycles. The smallest absolute Gasteiger partial charge is 0.147 e. The molecule has 21 heavy (non-hydrogen) atoms. The van der Waals surface area contributed by atoms with Crippen LogP contribution in [0.25, 0.3) is 11.0 Å². The third-order valence-electron chi connectivity index (χ3n) is 3.43. The van der Waals surface area contributed by atoms with E-state index in [1.165, 1.54) is 6.26 Å². The number of fused-ring (bicyclic) bond motifs is 1. The van der Waals surface area contributed by atoms with Crippen LogP contribution in [0.5, 0.6) is 5.75 Å². The minimum Gasteiger partial charge on any atom is -0.497 e. The molecule has 2 rings (SSSR count). The van der Waals surface area contributed by atoms with E-state index < -0.39 is 15.9 Å². The van der Waals surface area contributed by atoms with Crippen LogP contribution < -0.4 is 10.5 Å². The van der Waals surface area contributed by atoms with E-state index >= 15 is 0 Å². The molecule has 6 nitrogen and oxygen atoms in total. The molecule has 2 aromatic rings. The molecule has 0 fully saturated rings. The molecule has 1 aromatic carbocycles. The maximum atomic E-state index is 11.3. The predicted molar refractivity (Wildman–Crippen MR) is 83.2 cm³/mol. The number of hydrogen-bond acceptors (Lipinski definition) is 5. The number of aromatic nitrogens is 2. The summed E-state index contributed by atoms with van der Waals surface area (Å²) in [6.45, 7) is 2.74. The molecular weight excluding hydrogens is 290 g/mol. The van der Waals surface area contributed by atoms with Gasteiger partial charge in [0, 0.05) is 18.9 Å². The molecule has 0 radical (unpaired) electrons. The molecule has 0 bridgehead atoms. The van der Waals surface area contributed by atoms with E-state index in [2.05, 4.69) is 4.98 Å². The van der Waals surface area contributed by atoms with Crippen molar-refractivity contribution in [1.29, 1.82) is 0 Å². The van der Waals surface area contributed by atoms with E-state index in [9.17, 15) is 8.42 Å². The largest absolute Gasteiger partial charge is 0.497 e. The molecule has 0 aliphatic heterocycles. The van der Waals surface area contributed by atoms with Gasteiger partial charge in [-0.2, -0.15) is 0 Å². The Morgan fingerprint density at radius 2 is 2.14 bits per heavy atom. The Morgan fingerprint density at radius 3 is 2.71 bits per heavy atom. The lowest BCUT2D eigenvalue weighted by molar-refractivity contribution is 0.415. The number of rotatable bonds is 6. The quantitative estimate of drug-likeness (QED) is 0.873. The van der Waals surface area contributed by atoms with Gasteiger partial charge in [0.25, 0.3) is 0 Å². The number of methoxy groups -OCH3 is 1. The van der Waals surface area contributed by atoms with Crippen LogP contribution in [0.4, 0.5) is 0 Å². The number of nitrogens with zero attached hydrogens (tertiary/aromatic N) is 2. The van der Waals surface area contributed by atoms with Crippen molar-refractivity contribution < 1.29 is 13.2 Å². The summed E-state index contributed by atoms with van der Waals surface area (Å²) in [4.78, 5) is 4.56. The first kappa shape index (κ1) is 15.8. The van der Waals surface area contributed by atoms with Gasteiger partial charge in [-0.25, -0.2) is 13.4 Å². The molecule has 1 aromatic heterocycles. The normalized spacial score (nSPS) is 13.5. The zero-order valence-corrected chi connectivity index (χ0v) is 13.4. The summed E-state index contributed by atoms with van der Waals surface area (Å²) < 4.78 is 29.8. The molecule has 1 unspecified atom stereocenters. The van der Waals surface area contributed by atoms with E-state index in [0.717, 1.165) is 23.3 Å². The Labute approximate surface area is 124 Å². The van der Waals surface area contributed by atoms with E-state index in [1.807, 2.05) is 29.7 Å². The molecule has 2 N–H and O–H groups in total. The van der Waals surface area contributed by atoms with Crippen LogP contribution in [0.1, 0.15) is 25.2 Å². The standard InChI is InChI=1S/C14H21N3O3S/c1-4-17-13-6-5-10(20-2)9-12(13)16-14(17)11(15)7-8-21(3,18)19/h5-6,9,11H,4,7-8,15H2,1-3H3. The summed E-state index contributed by atoms with van der Waals surface area (Å²) >= 11 is 0. The SMILES string of the molecule is CCn1c(C(N)CCS(C)(=O)=O)nc2cc(OC)ccc21. The van der Waals surface area contributed by atoms with E-state index in [4.69, 9.17) is 10.5 Å². The zero-order chi connectivity index (χ0) is 15.6. The van der Waals surface area contributed by atoms with Gasteiger partial charge in [0.15, 0.2) is 0 Å². The summed E-state index contributed by atoms with van der Waals surface area (Å²) in [6.07, 6.45) is 1.58. The number of hydrogen-bond donors (Lipinski definition) is 1. The lowest BCUT2D eigenvalue weighted by Crippen LogP contribution is -2.19. The molecule has 1 heterocycles. The van der Waals surface area contributed by atoms with Crippen molar-refractivity contribution in [2.75, 3.05) is 19.1 Å². The highest BCUT2D eigenvalue weighted by molar-refractivity contribution is 7.90. The van der Waals surface area contributed by atoms with E-state index in [0.29, 0.717) is 12.2 Å². The van der Waals surface area contributed by atoms with Crippen molar-refractivity contribution in [3.8, 4) is 5.75 Å². The van der Waals surface area contributed by atoms with Crippen LogP contribution in [0.3, 0.4) is 0 Å². The van der Waals surface area contributed by atoms with Gasteiger partial charge in [0.2, 0.25) is 0 Å². The second kappa shape index (κ2) is 6.03. The monoisotopic (exact) mass is 311 g/mol. The third-order valence-corrected chi connectivity index (χ3v) is 4.41. The molecule has 1 atom stereocenters. The first-order valence-corrected chi connectivity index (χ1v) is 8.89. The van der Waals surface area contributed by atoms with Gasteiger partial charge in [-0.15, -0.1) is 0 Å². The minimum absolute atomic E-state index is 0.0599. The van der Waals surface area contributed by atoms with Crippen LogP contribution in [0, 0.1) is 0 Å². The number of benzene rings is 1. The third kappa shape index (κ3) is 3.54. The topological polar surface area (TPSA) is 87.2 Å². The van der Waals surface area contributed by atoms with Gasteiger partial charge in [0.1, 0.15) is 21.4 Å². The Bertz CT molecular complexity index is 737. The number of sulfone groups is 1. The lowest BCUT2D eigenvalue weighted by atomic mass is 10.2. The number of imidazole rings is 1. The molecule has 0 amide bonds. The average Bonchev–Trinajstić information content (AvgIpc) is 2.81. The molecule has 7 heteroatoms. The number of aryl methyl sites for hydroxylation is 1. The summed E-state index contributed by atoms with van der Waals surface area (Å²) in [7, 11) is -1.42. The van der Waals surface area contributed by atoms with Crippen LogP contribution in [-0.2, 0) is 16.4 Å². The Balaban J connectivity index is 2.38. The molecule has 0 aliphatic rings. The maximum Gasteiger partial charge on any atom is 0.147 e. The van der Waals surface area contributed by atoms with Crippen molar-refractivity contribution in [2.24, 2.45) is 5.73 Å². The Kier molecular flexibility index (Phi) is 4.53. The molecular formula is C14H21N3O3S. The fraction of sp³-hybridized carbons (Fsp3) is 0.500. The lowest BCUT2D eigenvalue weighted by Gasteiger charge is -2.12. The van der Waals surface area contributed by atoms with Crippen molar-refractivity contribution in [1.82, 2.24) is 9.55 Å². The molecule has 0 saturated carbocycles. The Morgan fingerprint density at radius 1 is 1.43 bits per heavy atom. The summed E-state index contributed by atoms with van der Waals surface area (Å²) in [6, 6.07) is 5.27. The number of nitrogens with two attached hydrogens (primary N) is 1. The minimum atomic E-state index is -3.02. The van der Waals surface area contributed by atoms with Crippen LogP contribution in [0.2, 0.25) is 0 Å². The second-order valence-electron chi connectivity index (χ2n) is 5.09.